The van der Waals surface area contributed by atoms with Gasteiger partial charge in [-0.3, -0.25) is 0 Å². The molecular weight excluding hydrogens is 160 g/mol. The molecule has 0 spiro atoms. The van der Waals surface area contributed by atoms with E-state index in [0.29, 0.717) is 6.10 Å². The van der Waals surface area contributed by atoms with Gasteiger partial charge in [0.1, 0.15) is 0 Å². The summed E-state index contributed by atoms with van der Waals surface area (Å²) in [5.41, 5.74) is 0. The maximum absolute atomic E-state index is 5.78. The van der Waals surface area contributed by atoms with E-state index in [1.54, 1.807) is 0 Å². The Kier molecular flexibility index (Phi) is 1.76. The maximum atomic E-state index is 5.78. The first-order chi connectivity index (χ1) is 6.40. The minimum absolute atomic E-state index is 0.463. The van der Waals surface area contributed by atoms with Gasteiger partial charge >= 0.3 is 0 Å². The Morgan fingerprint density at radius 3 is 2.92 bits per heavy atom. The summed E-state index contributed by atoms with van der Waals surface area (Å²) in [5.74, 6) is 3.74. The average molecular weight is 178 g/mol. The molecule has 72 valence electrons. The third-order valence-electron chi connectivity index (χ3n) is 4.31. The standard InChI is InChI=1S/C12H18O/c1-2-13-11-6-5-10-8-3-4-9(7-8)12(10)11/h5-6,8-12H,2-4,7H2,1H3/t8-,9+,10?,11+,12?/m0/s1. The molecule has 2 unspecified atom stereocenters. The molecule has 0 aromatic heterocycles. The molecule has 0 aliphatic heterocycles. The zero-order chi connectivity index (χ0) is 8.84. The molecule has 5 atom stereocenters. The SMILES string of the molecule is CCO[C@@H]1C=CC2C1[C@@H]1CC[C@H]2C1. The summed E-state index contributed by atoms with van der Waals surface area (Å²) < 4.78 is 5.78. The summed E-state index contributed by atoms with van der Waals surface area (Å²) >= 11 is 0. The minimum Gasteiger partial charge on any atom is -0.374 e. The van der Waals surface area contributed by atoms with Gasteiger partial charge in [0.05, 0.1) is 6.10 Å². The van der Waals surface area contributed by atoms with Gasteiger partial charge in [-0.25, -0.2) is 0 Å². The van der Waals surface area contributed by atoms with Crippen molar-refractivity contribution in [2.75, 3.05) is 6.61 Å². The maximum Gasteiger partial charge on any atom is 0.0792 e. The fraction of sp³-hybridized carbons (Fsp3) is 0.833. The summed E-state index contributed by atoms with van der Waals surface area (Å²) in [6.07, 6.45) is 9.67. The lowest BCUT2D eigenvalue weighted by molar-refractivity contribution is 0.0302. The summed E-state index contributed by atoms with van der Waals surface area (Å²) in [6.45, 7) is 2.98. The Morgan fingerprint density at radius 2 is 2.08 bits per heavy atom. The van der Waals surface area contributed by atoms with E-state index in [1.807, 2.05) is 0 Å². The highest BCUT2D eigenvalue weighted by Crippen LogP contribution is 2.56. The molecule has 3 rings (SSSR count). The first-order valence-corrected chi connectivity index (χ1v) is 5.70. The molecule has 0 saturated heterocycles. The van der Waals surface area contributed by atoms with Gasteiger partial charge in [-0.05, 0) is 49.9 Å². The fourth-order valence-electron chi connectivity index (χ4n) is 3.88. The van der Waals surface area contributed by atoms with Crippen molar-refractivity contribution in [2.45, 2.75) is 32.3 Å². The van der Waals surface area contributed by atoms with E-state index in [1.165, 1.54) is 19.3 Å². The van der Waals surface area contributed by atoms with Crippen molar-refractivity contribution in [2.24, 2.45) is 23.7 Å². The lowest BCUT2D eigenvalue weighted by atomic mass is 9.80. The van der Waals surface area contributed by atoms with Crippen molar-refractivity contribution in [3.8, 4) is 0 Å². The molecule has 2 saturated carbocycles. The molecule has 0 aromatic rings. The van der Waals surface area contributed by atoms with Gasteiger partial charge in [-0.1, -0.05) is 12.2 Å². The predicted molar refractivity (Wildman–Crippen MR) is 52.4 cm³/mol. The van der Waals surface area contributed by atoms with E-state index in [-0.39, 0.29) is 0 Å². The third-order valence-corrected chi connectivity index (χ3v) is 4.31. The highest BCUT2D eigenvalue weighted by Gasteiger charge is 2.51. The van der Waals surface area contributed by atoms with Crippen molar-refractivity contribution >= 4 is 0 Å². The summed E-state index contributed by atoms with van der Waals surface area (Å²) in [4.78, 5) is 0. The number of allylic oxidation sites excluding steroid dienone is 1. The first kappa shape index (κ1) is 8.05. The Hall–Kier alpha value is -0.300. The number of hydrogen-bond acceptors (Lipinski definition) is 1. The molecule has 2 fully saturated rings. The molecule has 1 nitrogen and oxygen atoms in total. The van der Waals surface area contributed by atoms with E-state index in [9.17, 15) is 0 Å². The number of ether oxygens (including phenoxy) is 1. The first-order valence-electron chi connectivity index (χ1n) is 5.70. The number of hydrogen-bond donors (Lipinski definition) is 0. The Morgan fingerprint density at radius 1 is 1.23 bits per heavy atom. The molecule has 0 heterocycles. The second kappa shape index (κ2) is 2.84. The van der Waals surface area contributed by atoms with Crippen LogP contribution < -0.4 is 0 Å². The second-order valence-corrected chi connectivity index (χ2v) is 4.79. The van der Waals surface area contributed by atoms with Crippen LogP contribution in [0.4, 0.5) is 0 Å². The summed E-state index contributed by atoms with van der Waals surface area (Å²) in [6, 6.07) is 0. The van der Waals surface area contributed by atoms with E-state index >= 15 is 0 Å². The van der Waals surface area contributed by atoms with E-state index in [0.717, 1.165) is 30.3 Å². The topological polar surface area (TPSA) is 9.23 Å². The quantitative estimate of drug-likeness (QED) is 0.591. The molecule has 0 aromatic carbocycles. The van der Waals surface area contributed by atoms with Gasteiger partial charge in [0.15, 0.2) is 0 Å². The fourth-order valence-corrected chi connectivity index (χ4v) is 3.88. The summed E-state index contributed by atoms with van der Waals surface area (Å²) in [5, 5.41) is 0. The van der Waals surface area contributed by atoms with Crippen molar-refractivity contribution in [1.29, 1.82) is 0 Å². The molecule has 0 radical (unpaired) electrons. The van der Waals surface area contributed by atoms with E-state index in [4.69, 9.17) is 4.74 Å². The van der Waals surface area contributed by atoms with Crippen LogP contribution in [-0.2, 0) is 4.74 Å². The molecule has 0 amide bonds. The van der Waals surface area contributed by atoms with Gasteiger partial charge in [0.2, 0.25) is 0 Å². The molecule has 1 heteroatoms. The van der Waals surface area contributed by atoms with Gasteiger partial charge in [0, 0.05) is 6.61 Å². The van der Waals surface area contributed by atoms with Crippen molar-refractivity contribution < 1.29 is 4.74 Å². The zero-order valence-electron chi connectivity index (χ0n) is 8.28. The predicted octanol–water partition coefficient (Wildman–Crippen LogP) is 2.62. The van der Waals surface area contributed by atoms with E-state index < -0.39 is 0 Å². The van der Waals surface area contributed by atoms with Gasteiger partial charge in [0.25, 0.3) is 0 Å². The molecule has 13 heavy (non-hydrogen) atoms. The molecule has 3 aliphatic carbocycles. The Bertz CT molecular complexity index is 233. The highest BCUT2D eigenvalue weighted by molar-refractivity contribution is 5.17. The monoisotopic (exact) mass is 178 g/mol. The number of rotatable bonds is 2. The van der Waals surface area contributed by atoms with Crippen molar-refractivity contribution in [3.05, 3.63) is 12.2 Å². The zero-order valence-corrected chi connectivity index (χ0v) is 8.28. The van der Waals surface area contributed by atoms with Gasteiger partial charge in [-0.15, -0.1) is 0 Å². The lowest BCUT2D eigenvalue weighted by Crippen LogP contribution is -2.28. The number of fused-ring (bicyclic) bond motifs is 5. The highest BCUT2D eigenvalue weighted by atomic mass is 16.5. The molecule has 2 bridgehead atoms. The van der Waals surface area contributed by atoms with Crippen LogP contribution in [-0.4, -0.2) is 12.7 Å². The smallest absolute Gasteiger partial charge is 0.0792 e. The minimum atomic E-state index is 0.463. The van der Waals surface area contributed by atoms with Crippen LogP contribution >= 0.6 is 0 Å². The Labute approximate surface area is 80.2 Å². The lowest BCUT2D eigenvalue weighted by Gasteiger charge is -2.28. The van der Waals surface area contributed by atoms with Gasteiger partial charge in [-0.2, -0.15) is 0 Å². The van der Waals surface area contributed by atoms with Crippen LogP contribution in [0.25, 0.3) is 0 Å². The average Bonchev–Trinajstić information content (AvgIpc) is 2.74. The van der Waals surface area contributed by atoms with Crippen molar-refractivity contribution in [3.63, 3.8) is 0 Å². The van der Waals surface area contributed by atoms with Crippen LogP contribution in [0.2, 0.25) is 0 Å². The third kappa shape index (κ3) is 1.03. The van der Waals surface area contributed by atoms with Gasteiger partial charge < -0.3 is 4.74 Å². The largest absolute Gasteiger partial charge is 0.374 e. The summed E-state index contributed by atoms with van der Waals surface area (Å²) in [7, 11) is 0. The normalized spacial score (nSPS) is 51.6. The Balaban J connectivity index is 1.79. The van der Waals surface area contributed by atoms with Crippen LogP contribution in [0.1, 0.15) is 26.2 Å². The molecular formula is C12H18O. The van der Waals surface area contributed by atoms with Crippen LogP contribution in [0, 0.1) is 23.7 Å². The molecule has 0 N–H and O–H groups in total. The molecule has 3 aliphatic rings. The second-order valence-electron chi connectivity index (χ2n) is 4.79. The van der Waals surface area contributed by atoms with Crippen LogP contribution in [0.5, 0.6) is 0 Å². The van der Waals surface area contributed by atoms with Crippen LogP contribution in [0.15, 0.2) is 12.2 Å². The van der Waals surface area contributed by atoms with E-state index in [2.05, 4.69) is 19.1 Å². The van der Waals surface area contributed by atoms with Crippen LogP contribution in [0.3, 0.4) is 0 Å². The van der Waals surface area contributed by atoms with Crippen molar-refractivity contribution in [1.82, 2.24) is 0 Å².